The molecule has 2 aromatic carbocycles. The van der Waals surface area contributed by atoms with Crippen LogP contribution in [0.2, 0.25) is 0 Å². The van der Waals surface area contributed by atoms with Crippen molar-refractivity contribution in [1.29, 1.82) is 0 Å². The summed E-state index contributed by atoms with van der Waals surface area (Å²) < 4.78 is 0. The van der Waals surface area contributed by atoms with Crippen LogP contribution in [0.1, 0.15) is 29.2 Å². The second-order valence-electron chi connectivity index (χ2n) is 4.80. The van der Waals surface area contributed by atoms with Crippen molar-refractivity contribution in [3.8, 4) is 5.75 Å². The van der Waals surface area contributed by atoms with Crippen LogP contribution >= 0.6 is 0 Å². The molecule has 0 heterocycles. The van der Waals surface area contributed by atoms with Gasteiger partial charge in [0.2, 0.25) is 0 Å². The van der Waals surface area contributed by atoms with Crippen molar-refractivity contribution >= 4 is 0 Å². The van der Waals surface area contributed by atoms with Crippen LogP contribution in [0.15, 0.2) is 48.5 Å². The normalized spacial score (nSPS) is 17.7. The summed E-state index contributed by atoms with van der Waals surface area (Å²) in [6.07, 6.45) is 2.29. The minimum atomic E-state index is 0.372. The van der Waals surface area contributed by atoms with E-state index in [4.69, 9.17) is 0 Å². The van der Waals surface area contributed by atoms with Crippen LogP contribution in [0, 0.1) is 0 Å². The minimum absolute atomic E-state index is 0.372. The van der Waals surface area contributed by atoms with Crippen LogP contribution in [-0.2, 0) is 13.0 Å². The molecular formula is C16H17NO. The van der Waals surface area contributed by atoms with Gasteiger partial charge in [0.15, 0.2) is 0 Å². The summed E-state index contributed by atoms with van der Waals surface area (Å²) in [5.74, 6) is 0.372. The highest BCUT2D eigenvalue weighted by Gasteiger charge is 2.21. The highest BCUT2D eigenvalue weighted by atomic mass is 16.3. The molecule has 2 aromatic rings. The van der Waals surface area contributed by atoms with Crippen molar-refractivity contribution in [3.05, 3.63) is 65.2 Å². The average molecular weight is 239 g/mol. The van der Waals surface area contributed by atoms with Crippen LogP contribution in [0.5, 0.6) is 5.75 Å². The predicted molar refractivity (Wildman–Crippen MR) is 72.5 cm³/mol. The Labute approximate surface area is 107 Å². The third-order valence-corrected chi connectivity index (χ3v) is 3.66. The number of phenols is 1. The lowest BCUT2D eigenvalue weighted by atomic mass is 10.1. The third-order valence-electron chi connectivity index (χ3n) is 3.66. The van der Waals surface area contributed by atoms with E-state index in [0.717, 1.165) is 18.4 Å². The topological polar surface area (TPSA) is 32.3 Å². The van der Waals surface area contributed by atoms with Crippen LogP contribution in [-0.4, -0.2) is 5.11 Å². The van der Waals surface area contributed by atoms with Crippen LogP contribution in [0.25, 0.3) is 0 Å². The molecule has 0 amide bonds. The van der Waals surface area contributed by atoms with Gasteiger partial charge in [-0.1, -0.05) is 42.5 Å². The van der Waals surface area contributed by atoms with Crippen molar-refractivity contribution in [2.45, 2.75) is 25.4 Å². The van der Waals surface area contributed by atoms with E-state index in [2.05, 4.69) is 29.6 Å². The zero-order valence-corrected chi connectivity index (χ0v) is 10.3. The monoisotopic (exact) mass is 239 g/mol. The second-order valence-corrected chi connectivity index (χ2v) is 4.80. The molecular weight excluding hydrogens is 222 g/mol. The number of hydrogen-bond donors (Lipinski definition) is 2. The number of para-hydroxylation sites is 1. The van der Waals surface area contributed by atoms with Gasteiger partial charge in [0.1, 0.15) is 5.75 Å². The van der Waals surface area contributed by atoms with Gasteiger partial charge < -0.3 is 10.4 Å². The summed E-state index contributed by atoms with van der Waals surface area (Å²) in [6, 6.07) is 16.5. The van der Waals surface area contributed by atoms with Gasteiger partial charge in [-0.05, 0) is 30.0 Å². The smallest absolute Gasteiger partial charge is 0.120 e. The highest BCUT2D eigenvalue weighted by molar-refractivity contribution is 5.35. The minimum Gasteiger partial charge on any atom is -0.508 e. The molecule has 0 saturated heterocycles. The Morgan fingerprint density at radius 2 is 1.83 bits per heavy atom. The summed E-state index contributed by atoms with van der Waals surface area (Å²) in [6.45, 7) is 0.714. The number of aromatic hydroxyl groups is 1. The van der Waals surface area contributed by atoms with E-state index in [1.54, 1.807) is 6.07 Å². The Bertz CT molecular complexity index is 550. The fourth-order valence-corrected chi connectivity index (χ4v) is 2.66. The van der Waals surface area contributed by atoms with E-state index in [0.29, 0.717) is 18.3 Å². The number of rotatable bonds is 3. The Balaban J connectivity index is 1.71. The first kappa shape index (κ1) is 11.3. The lowest BCUT2D eigenvalue weighted by molar-refractivity contribution is 0.456. The van der Waals surface area contributed by atoms with Crippen molar-refractivity contribution in [3.63, 3.8) is 0 Å². The molecule has 2 N–H and O–H groups in total. The molecule has 2 heteroatoms. The van der Waals surface area contributed by atoms with Crippen molar-refractivity contribution in [2.24, 2.45) is 0 Å². The average Bonchev–Trinajstić information content (AvgIpc) is 2.81. The summed E-state index contributed by atoms with van der Waals surface area (Å²) >= 11 is 0. The van der Waals surface area contributed by atoms with E-state index in [9.17, 15) is 5.11 Å². The molecule has 0 aromatic heterocycles. The predicted octanol–water partition coefficient (Wildman–Crippen LogP) is 3.17. The number of hydrogen-bond acceptors (Lipinski definition) is 2. The molecule has 1 unspecified atom stereocenters. The van der Waals surface area contributed by atoms with Gasteiger partial charge in [-0.15, -0.1) is 0 Å². The maximum Gasteiger partial charge on any atom is 0.120 e. The number of phenolic OH excluding ortho intramolecular Hbond substituents is 1. The van der Waals surface area contributed by atoms with Crippen LogP contribution < -0.4 is 5.32 Å². The fourth-order valence-electron chi connectivity index (χ4n) is 2.66. The molecule has 0 radical (unpaired) electrons. The molecule has 92 valence electrons. The first-order valence-electron chi connectivity index (χ1n) is 6.42. The molecule has 0 saturated carbocycles. The summed E-state index contributed by atoms with van der Waals surface area (Å²) in [4.78, 5) is 0. The summed E-state index contributed by atoms with van der Waals surface area (Å²) in [5, 5.41) is 13.3. The van der Waals surface area contributed by atoms with E-state index in [-0.39, 0.29) is 0 Å². The van der Waals surface area contributed by atoms with Crippen LogP contribution in [0.3, 0.4) is 0 Å². The molecule has 1 aliphatic carbocycles. The van der Waals surface area contributed by atoms with E-state index in [1.807, 2.05) is 18.2 Å². The van der Waals surface area contributed by atoms with Gasteiger partial charge in [-0.2, -0.15) is 0 Å². The third kappa shape index (κ3) is 2.12. The number of benzene rings is 2. The maximum atomic E-state index is 9.74. The SMILES string of the molecule is Oc1ccccc1CNC1CCc2ccccc21. The second kappa shape index (κ2) is 4.83. The van der Waals surface area contributed by atoms with Gasteiger partial charge in [0.05, 0.1) is 0 Å². The summed E-state index contributed by atoms with van der Waals surface area (Å²) in [5.41, 5.74) is 3.82. The Morgan fingerprint density at radius 3 is 2.72 bits per heavy atom. The molecule has 2 nitrogen and oxygen atoms in total. The number of nitrogens with one attached hydrogen (secondary N) is 1. The lowest BCUT2D eigenvalue weighted by Gasteiger charge is -2.14. The molecule has 0 aliphatic heterocycles. The number of fused-ring (bicyclic) bond motifs is 1. The lowest BCUT2D eigenvalue weighted by Crippen LogP contribution is -2.18. The Kier molecular flexibility index (Phi) is 3.03. The fraction of sp³-hybridized carbons (Fsp3) is 0.250. The molecule has 3 rings (SSSR count). The first-order valence-corrected chi connectivity index (χ1v) is 6.42. The summed E-state index contributed by atoms with van der Waals surface area (Å²) in [7, 11) is 0. The zero-order valence-electron chi connectivity index (χ0n) is 10.3. The van der Waals surface area contributed by atoms with Gasteiger partial charge in [-0.25, -0.2) is 0 Å². The largest absolute Gasteiger partial charge is 0.508 e. The Hall–Kier alpha value is -1.80. The molecule has 0 bridgehead atoms. The van der Waals surface area contributed by atoms with Gasteiger partial charge >= 0.3 is 0 Å². The molecule has 1 aliphatic rings. The van der Waals surface area contributed by atoms with Gasteiger partial charge in [0.25, 0.3) is 0 Å². The molecule has 1 atom stereocenters. The quantitative estimate of drug-likeness (QED) is 0.862. The standard InChI is InChI=1S/C16H17NO/c18-16-8-4-2-6-13(16)11-17-15-10-9-12-5-1-3-7-14(12)15/h1-8,15,17-18H,9-11H2. The van der Waals surface area contributed by atoms with E-state index >= 15 is 0 Å². The van der Waals surface area contributed by atoms with Crippen LogP contribution in [0.4, 0.5) is 0 Å². The van der Waals surface area contributed by atoms with E-state index < -0.39 is 0 Å². The molecule has 0 fully saturated rings. The first-order chi connectivity index (χ1) is 8.84. The number of aryl methyl sites for hydroxylation is 1. The Morgan fingerprint density at radius 1 is 1.06 bits per heavy atom. The molecule has 18 heavy (non-hydrogen) atoms. The molecule has 0 spiro atoms. The zero-order chi connectivity index (χ0) is 12.4. The maximum absolute atomic E-state index is 9.74. The van der Waals surface area contributed by atoms with E-state index in [1.165, 1.54) is 11.1 Å². The van der Waals surface area contributed by atoms with Crippen molar-refractivity contribution < 1.29 is 5.11 Å². The van der Waals surface area contributed by atoms with Gasteiger partial charge in [0, 0.05) is 18.2 Å². The van der Waals surface area contributed by atoms with Crippen molar-refractivity contribution in [2.75, 3.05) is 0 Å². The highest BCUT2D eigenvalue weighted by Crippen LogP contribution is 2.31. The van der Waals surface area contributed by atoms with Crippen molar-refractivity contribution in [1.82, 2.24) is 5.32 Å². The van der Waals surface area contributed by atoms with Gasteiger partial charge in [-0.3, -0.25) is 0 Å².